The van der Waals surface area contributed by atoms with Crippen molar-refractivity contribution in [1.29, 1.82) is 0 Å². The van der Waals surface area contributed by atoms with Crippen LogP contribution in [0.5, 0.6) is 0 Å². The average Bonchev–Trinajstić information content (AvgIpc) is 3.85. The average molecular weight is 667 g/mol. The van der Waals surface area contributed by atoms with Crippen LogP contribution in [0.25, 0.3) is 97.4 Å². The van der Waals surface area contributed by atoms with Crippen LogP contribution >= 0.6 is 11.3 Å². The van der Waals surface area contributed by atoms with Crippen LogP contribution in [-0.2, 0) is 0 Å². The quantitative estimate of drug-likeness (QED) is 0.177. The summed E-state index contributed by atoms with van der Waals surface area (Å²) in [6, 6.07) is 66.7. The second kappa shape index (κ2) is 11.0. The molecule has 3 heterocycles. The molecule has 0 fully saturated rings. The molecule has 0 aliphatic rings. The molecule has 0 N–H and O–H groups in total. The second-order valence-electron chi connectivity index (χ2n) is 13.3. The molecule has 51 heavy (non-hydrogen) atoms. The first-order valence-electron chi connectivity index (χ1n) is 17.4. The predicted molar refractivity (Wildman–Crippen MR) is 219 cm³/mol. The molecule has 2 nitrogen and oxygen atoms in total. The summed E-state index contributed by atoms with van der Waals surface area (Å²) in [6.45, 7) is 0. The fraction of sp³-hybridized carbons (Fsp3) is 0. The van der Waals surface area contributed by atoms with Gasteiger partial charge < -0.3 is 9.13 Å². The van der Waals surface area contributed by atoms with E-state index >= 15 is 0 Å². The molecule has 0 amide bonds. The SMILES string of the molecule is c1ccc(-n2c3ccccc3c3ccc(-c4ccc5c6ccccc6n(-c6ccccc6-c6ccc7c(c6)sc6ccccc67)c5c4)cc32)cc1. The lowest BCUT2D eigenvalue weighted by Gasteiger charge is -2.15. The van der Waals surface area contributed by atoms with Crippen molar-refractivity contribution >= 4 is 75.1 Å². The van der Waals surface area contributed by atoms with Crippen molar-refractivity contribution in [3.05, 3.63) is 182 Å². The fourth-order valence-corrected chi connectivity index (χ4v) is 9.37. The summed E-state index contributed by atoms with van der Waals surface area (Å²) in [4.78, 5) is 0. The van der Waals surface area contributed by atoms with Crippen molar-refractivity contribution in [2.75, 3.05) is 0 Å². The molecule has 11 aromatic rings. The summed E-state index contributed by atoms with van der Waals surface area (Å²) in [5, 5.41) is 7.69. The van der Waals surface area contributed by atoms with Gasteiger partial charge in [-0.15, -0.1) is 11.3 Å². The third-order valence-electron chi connectivity index (χ3n) is 10.5. The van der Waals surface area contributed by atoms with E-state index in [2.05, 4.69) is 191 Å². The van der Waals surface area contributed by atoms with Gasteiger partial charge in [0.15, 0.2) is 0 Å². The predicted octanol–water partition coefficient (Wildman–Crippen LogP) is 13.6. The van der Waals surface area contributed by atoms with Gasteiger partial charge in [-0.05, 0) is 71.3 Å². The Balaban J connectivity index is 1.13. The van der Waals surface area contributed by atoms with E-state index < -0.39 is 0 Å². The number of hydrogen-bond donors (Lipinski definition) is 0. The first kappa shape index (κ1) is 28.4. The van der Waals surface area contributed by atoms with Crippen molar-refractivity contribution in [3.63, 3.8) is 0 Å². The van der Waals surface area contributed by atoms with Gasteiger partial charge in [0.2, 0.25) is 0 Å². The summed E-state index contributed by atoms with van der Waals surface area (Å²) in [6.07, 6.45) is 0. The zero-order valence-corrected chi connectivity index (χ0v) is 28.4. The Bertz CT molecular complexity index is 3140. The number of para-hydroxylation sites is 4. The Kier molecular flexibility index (Phi) is 6.16. The highest BCUT2D eigenvalue weighted by Crippen LogP contribution is 2.41. The Morgan fingerprint density at radius 2 is 0.824 bits per heavy atom. The number of aromatic nitrogens is 2. The first-order valence-corrected chi connectivity index (χ1v) is 18.3. The molecule has 0 aliphatic heterocycles. The van der Waals surface area contributed by atoms with Gasteiger partial charge >= 0.3 is 0 Å². The minimum atomic E-state index is 1.17. The Hall–Kier alpha value is -6.42. The van der Waals surface area contributed by atoms with Crippen LogP contribution < -0.4 is 0 Å². The summed E-state index contributed by atoms with van der Waals surface area (Å²) < 4.78 is 7.51. The molecule has 0 atom stereocenters. The summed E-state index contributed by atoms with van der Waals surface area (Å²) in [5.41, 5.74) is 12.0. The highest BCUT2D eigenvalue weighted by atomic mass is 32.1. The van der Waals surface area contributed by atoms with Gasteiger partial charge in [-0.1, -0.05) is 127 Å². The highest BCUT2D eigenvalue weighted by Gasteiger charge is 2.18. The van der Waals surface area contributed by atoms with Gasteiger partial charge in [0.25, 0.3) is 0 Å². The molecule has 0 radical (unpaired) electrons. The number of rotatable bonds is 4. The van der Waals surface area contributed by atoms with E-state index in [4.69, 9.17) is 0 Å². The molecule has 3 aromatic heterocycles. The lowest BCUT2D eigenvalue weighted by molar-refractivity contribution is 1.18. The number of fused-ring (bicyclic) bond motifs is 9. The van der Waals surface area contributed by atoms with Crippen LogP contribution in [0.1, 0.15) is 0 Å². The zero-order chi connectivity index (χ0) is 33.5. The van der Waals surface area contributed by atoms with Crippen molar-refractivity contribution in [1.82, 2.24) is 9.13 Å². The van der Waals surface area contributed by atoms with Crippen molar-refractivity contribution in [3.8, 4) is 33.6 Å². The van der Waals surface area contributed by atoms with E-state index in [-0.39, 0.29) is 0 Å². The van der Waals surface area contributed by atoms with Crippen LogP contribution in [0.15, 0.2) is 182 Å². The smallest absolute Gasteiger partial charge is 0.0547 e. The Morgan fingerprint density at radius 3 is 1.57 bits per heavy atom. The lowest BCUT2D eigenvalue weighted by atomic mass is 10.0. The molecule has 8 aromatic carbocycles. The van der Waals surface area contributed by atoms with Gasteiger partial charge in [-0.3, -0.25) is 0 Å². The van der Waals surface area contributed by atoms with Crippen molar-refractivity contribution in [2.24, 2.45) is 0 Å². The maximum atomic E-state index is 2.47. The van der Waals surface area contributed by atoms with E-state index in [0.717, 1.165) is 0 Å². The molecule has 3 heteroatoms. The Labute approximate surface area is 298 Å². The maximum absolute atomic E-state index is 2.47. The van der Waals surface area contributed by atoms with Gasteiger partial charge in [0.1, 0.15) is 0 Å². The minimum absolute atomic E-state index is 1.17. The Morgan fingerprint density at radius 1 is 0.314 bits per heavy atom. The molecule has 0 unspecified atom stereocenters. The zero-order valence-electron chi connectivity index (χ0n) is 27.6. The third-order valence-corrected chi connectivity index (χ3v) is 11.7. The fourth-order valence-electron chi connectivity index (χ4n) is 8.22. The van der Waals surface area contributed by atoms with E-state index in [9.17, 15) is 0 Å². The molecule has 0 saturated heterocycles. The molecule has 11 rings (SSSR count). The molecule has 0 spiro atoms. The summed E-state index contributed by atoms with van der Waals surface area (Å²) in [5.74, 6) is 0. The van der Waals surface area contributed by atoms with Crippen LogP contribution in [0.3, 0.4) is 0 Å². The number of benzene rings is 8. The highest BCUT2D eigenvalue weighted by molar-refractivity contribution is 7.25. The van der Waals surface area contributed by atoms with E-state index in [1.54, 1.807) is 0 Å². The third kappa shape index (κ3) is 4.29. The first-order chi connectivity index (χ1) is 25.3. The molecule has 0 aliphatic carbocycles. The van der Waals surface area contributed by atoms with Crippen LogP contribution in [0.2, 0.25) is 0 Å². The number of hydrogen-bond acceptors (Lipinski definition) is 1. The largest absolute Gasteiger partial charge is 0.309 e. The molecular formula is C48H30N2S. The lowest BCUT2D eigenvalue weighted by Crippen LogP contribution is -1.97. The molecule has 0 saturated carbocycles. The van der Waals surface area contributed by atoms with E-state index in [1.165, 1.54) is 97.4 Å². The van der Waals surface area contributed by atoms with Crippen molar-refractivity contribution < 1.29 is 0 Å². The van der Waals surface area contributed by atoms with Crippen LogP contribution in [-0.4, -0.2) is 9.13 Å². The van der Waals surface area contributed by atoms with Gasteiger partial charge in [0, 0.05) is 53.0 Å². The second-order valence-corrected chi connectivity index (χ2v) is 14.4. The maximum Gasteiger partial charge on any atom is 0.0547 e. The monoisotopic (exact) mass is 666 g/mol. The summed E-state index contributed by atoms with van der Waals surface area (Å²) in [7, 11) is 0. The van der Waals surface area contributed by atoms with E-state index in [0.29, 0.717) is 0 Å². The van der Waals surface area contributed by atoms with Gasteiger partial charge in [-0.2, -0.15) is 0 Å². The van der Waals surface area contributed by atoms with Gasteiger partial charge in [0.05, 0.1) is 27.8 Å². The van der Waals surface area contributed by atoms with Crippen LogP contribution in [0, 0.1) is 0 Å². The normalized spacial score (nSPS) is 11.9. The van der Waals surface area contributed by atoms with Crippen LogP contribution in [0.4, 0.5) is 0 Å². The number of nitrogens with zero attached hydrogens (tertiary/aromatic N) is 2. The number of thiophene rings is 1. The minimum Gasteiger partial charge on any atom is -0.309 e. The molecule has 238 valence electrons. The van der Waals surface area contributed by atoms with E-state index in [1.807, 2.05) is 11.3 Å². The standard InChI is InChI=1S/C48H30N2S/c1-2-12-34(13-3-1)49-43-19-9-5-15-36(43)38-25-22-31(28-45(38)49)32-23-26-39-37-16-6-10-20-44(37)50(46(39)29-32)42-18-8-4-14-35(42)33-24-27-41-40-17-7-11-21-47(40)51-48(41)30-33/h1-30H. The van der Waals surface area contributed by atoms with Crippen molar-refractivity contribution in [2.45, 2.75) is 0 Å². The van der Waals surface area contributed by atoms with Gasteiger partial charge in [-0.25, -0.2) is 0 Å². The molecular weight excluding hydrogens is 637 g/mol. The summed E-state index contributed by atoms with van der Waals surface area (Å²) >= 11 is 1.87. The topological polar surface area (TPSA) is 9.86 Å². The molecule has 0 bridgehead atoms.